The largest absolute Gasteiger partial charge is 0.385 e. The molecule has 1 spiro atoms. The maximum Gasteiger partial charge on any atom is 0.162 e. The molecule has 2 aliphatic rings. The molecule has 2 heteroatoms. The van der Waals surface area contributed by atoms with E-state index in [0.717, 1.165) is 19.3 Å². The Hall–Kier alpha value is -0.630. The van der Waals surface area contributed by atoms with Gasteiger partial charge in [-0.05, 0) is 25.7 Å². The maximum atomic E-state index is 11.2. The van der Waals surface area contributed by atoms with Crippen molar-refractivity contribution in [2.75, 3.05) is 0 Å². The first-order valence-electron chi connectivity index (χ1n) is 4.53. The summed E-state index contributed by atoms with van der Waals surface area (Å²) in [6.07, 6.45) is 3.69. The highest BCUT2D eigenvalue weighted by atomic mass is 16.3. The lowest BCUT2D eigenvalue weighted by Gasteiger charge is -2.22. The van der Waals surface area contributed by atoms with Crippen LogP contribution >= 0.6 is 0 Å². The van der Waals surface area contributed by atoms with E-state index in [1.54, 1.807) is 0 Å². The zero-order valence-electron chi connectivity index (χ0n) is 7.18. The number of aliphatic hydroxyl groups is 1. The SMILES string of the molecule is C=C1CCCC12CC(=O)C(O)C2. The van der Waals surface area contributed by atoms with Crippen molar-refractivity contribution in [2.45, 2.75) is 38.2 Å². The number of carbonyl (C=O) groups excluding carboxylic acids is 1. The zero-order chi connectivity index (χ0) is 8.77. The van der Waals surface area contributed by atoms with Gasteiger partial charge in [0.15, 0.2) is 5.78 Å². The van der Waals surface area contributed by atoms with Crippen LogP contribution in [0.3, 0.4) is 0 Å². The lowest BCUT2D eigenvalue weighted by Crippen LogP contribution is -2.14. The van der Waals surface area contributed by atoms with E-state index in [-0.39, 0.29) is 11.2 Å². The molecule has 0 amide bonds. The second-order valence-electron chi connectivity index (χ2n) is 4.10. The monoisotopic (exact) mass is 166 g/mol. The van der Waals surface area contributed by atoms with E-state index in [1.165, 1.54) is 5.57 Å². The average Bonchev–Trinajstić information content (AvgIpc) is 2.45. The molecular weight excluding hydrogens is 152 g/mol. The minimum atomic E-state index is -0.708. The van der Waals surface area contributed by atoms with Crippen LogP contribution in [-0.2, 0) is 4.79 Å². The van der Waals surface area contributed by atoms with Crippen molar-refractivity contribution < 1.29 is 9.90 Å². The Balaban J connectivity index is 2.24. The molecule has 0 bridgehead atoms. The van der Waals surface area contributed by atoms with Crippen molar-refractivity contribution in [3.8, 4) is 0 Å². The number of rotatable bonds is 0. The molecule has 2 saturated carbocycles. The fourth-order valence-electron chi connectivity index (χ4n) is 2.55. The van der Waals surface area contributed by atoms with Gasteiger partial charge >= 0.3 is 0 Å². The Morgan fingerprint density at radius 1 is 1.58 bits per heavy atom. The van der Waals surface area contributed by atoms with Crippen LogP contribution in [-0.4, -0.2) is 17.0 Å². The number of carbonyl (C=O) groups is 1. The van der Waals surface area contributed by atoms with E-state index in [1.807, 2.05) is 0 Å². The van der Waals surface area contributed by atoms with Crippen LogP contribution in [0.4, 0.5) is 0 Å². The molecule has 2 fully saturated rings. The number of hydrogen-bond acceptors (Lipinski definition) is 2. The van der Waals surface area contributed by atoms with Crippen LogP contribution in [0.5, 0.6) is 0 Å². The third-order valence-corrected chi connectivity index (χ3v) is 3.35. The maximum absolute atomic E-state index is 11.2. The van der Waals surface area contributed by atoms with Gasteiger partial charge in [-0.3, -0.25) is 4.79 Å². The first-order chi connectivity index (χ1) is 5.64. The summed E-state index contributed by atoms with van der Waals surface area (Å²) >= 11 is 0. The molecule has 12 heavy (non-hydrogen) atoms. The molecule has 2 aliphatic carbocycles. The van der Waals surface area contributed by atoms with Crippen LogP contribution < -0.4 is 0 Å². The number of ketones is 1. The van der Waals surface area contributed by atoms with E-state index in [0.29, 0.717) is 12.8 Å². The molecule has 0 aromatic rings. The van der Waals surface area contributed by atoms with Gasteiger partial charge in [0.1, 0.15) is 6.10 Å². The predicted octanol–water partition coefficient (Wildman–Crippen LogP) is 1.44. The summed E-state index contributed by atoms with van der Waals surface area (Å²) < 4.78 is 0. The fraction of sp³-hybridized carbons (Fsp3) is 0.700. The van der Waals surface area contributed by atoms with Crippen molar-refractivity contribution in [1.29, 1.82) is 0 Å². The molecule has 0 aromatic heterocycles. The summed E-state index contributed by atoms with van der Waals surface area (Å²) in [5.41, 5.74) is 1.18. The Bertz CT molecular complexity index is 244. The quantitative estimate of drug-likeness (QED) is 0.553. The highest BCUT2D eigenvalue weighted by molar-refractivity contribution is 5.86. The summed E-state index contributed by atoms with van der Waals surface area (Å²) in [5.74, 6) is 0.0121. The molecule has 2 unspecified atom stereocenters. The summed E-state index contributed by atoms with van der Waals surface area (Å²) in [4.78, 5) is 11.2. The van der Waals surface area contributed by atoms with Crippen LogP contribution in [0.15, 0.2) is 12.2 Å². The summed E-state index contributed by atoms with van der Waals surface area (Å²) in [5, 5.41) is 9.35. The van der Waals surface area contributed by atoms with Crippen LogP contribution in [0.1, 0.15) is 32.1 Å². The van der Waals surface area contributed by atoms with Crippen LogP contribution in [0.25, 0.3) is 0 Å². The molecule has 0 heterocycles. The van der Waals surface area contributed by atoms with Gasteiger partial charge in [0.05, 0.1) is 0 Å². The highest BCUT2D eigenvalue weighted by Gasteiger charge is 2.47. The number of allylic oxidation sites excluding steroid dienone is 1. The van der Waals surface area contributed by atoms with E-state index >= 15 is 0 Å². The van der Waals surface area contributed by atoms with E-state index < -0.39 is 6.10 Å². The lowest BCUT2D eigenvalue weighted by molar-refractivity contribution is -0.124. The minimum Gasteiger partial charge on any atom is -0.385 e. The van der Waals surface area contributed by atoms with Crippen LogP contribution in [0.2, 0.25) is 0 Å². The Kier molecular flexibility index (Phi) is 1.62. The Labute approximate surface area is 72.3 Å². The third-order valence-electron chi connectivity index (χ3n) is 3.35. The normalized spacial score (nSPS) is 41.6. The molecule has 0 saturated heterocycles. The standard InChI is InChI=1S/C10H14O2/c1-7-3-2-4-10(7)5-8(11)9(12)6-10/h8,11H,1-6H2. The van der Waals surface area contributed by atoms with Crippen molar-refractivity contribution >= 4 is 5.78 Å². The molecule has 2 rings (SSSR count). The lowest BCUT2D eigenvalue weighted by atomic mass is 9.81. The molecule has 66 valence electrons. The van der Waals surface area contributed by atoms with Gasteiger partial charge in [0.2, 0.25) is 0 Å². The van der Waals surface area contributed by atoms with Crippen LogP contribution in [0, 0.1) is 5.41 Å². The second kappa shape index (κ2) is 2.43. The smallest absolute Gasteiger partial charge is 0.162 e. The summed E-state index contributed by atoms with van der Waals surface area (Å²) in [6.45, 7) is 3.99. The molecule has 2 atom stereocenters. The molecular formula is C10H14O2. The van der Waals surface area contributed by atoms with Gasteiger partial charge in [0.25, 0.3) is 0 Å². The van der Waals surface area contributed by atoms with Gasteiger partial charge in [-0.25, -0.2) is 0 Å². The predicted molar refractivity (Wildman–Crippen MR) is 45.7 cm³/mol. The Morgan fingerprint density at radius 2 is 2.33 bits per heavy atom. The van der Waals surface area contributed by atoms with Gasteiger partial charge in [-0.2, -0.15) is 0 Å². The first kappa shape index (κ1) is 7.99. The van der Waals surface area contributed by atoms with Gasteiger partial charge in [-0.15, -0.1) is 0 Å². The topological polar surface area (TPSA) is 37.3 Å². The number of Topliss-reactive ketones (excluding diaryl/α,β-unsaturated/α-hetero) is 1. The van der Waals surface area contributed by atoms with Crippen molar-refractivity contribution in [2.24, 2.45) is 5.41 Å². The molecule has 2 nitrogen and oxygen atoms in total. The molecule has 0 aromatic carbocycles. The molecule has 0 radical (unpaired) electrons. The Morgan fingerprint density at radius 3 is 2.75 bits per heavy atom. The average molecular weight is 166 g/mol. The molecule has 1 N–H and O–H groups in total. The zero-order valence-corrected chi connectivity index (χ0v) is 7.18. The summed E-state index contributed by atoms with van der Waals surface area (Å²) in [6, 6.07) is 0. The highest BCUT2D eigenvalue weighted by Crippen LogP contribution is 2.51. The van der Waals surface area contributed by atoms with E-state index in [9.17, 15) is 9.90 Å². The van der Waals surface area contributed by atoms with Crippen molar-refractivity contribution in [3.05, 3.63) is 12.2 Å². The number of hydrogen-bond donors (Lipinski definition) is 1. The van der Waals surface area contributed by atoms with Gasteiger partial charge in [-0.1, -0.05) is 12.2 Å². The first-order valence-corrected chi connectivity index (χ1v) is 4.53. The minimum absolute atomic E-state index is 0.00347. The fourth-order valence-corrected chi connectivity index (χ4v) is 2.55. The second-order valence-corrected chi connectivity index (χ2v) is 4.10. The van der Waals surface area contributed by atoms with Crippen molar-refractivity contribution in [1.82, 2.24) is 0 Å². The third kappa shape index (κ3) is 0.944. The van der Waals surface area contributed by atoms with Gasteiger partial charge in [0, 0.05) is 11.8 Å². The van der Waals surface area contributed by atoms with Gasteiger partial charge < -0.3 is 5.11 Å². The van der Waals surface area contributed by atoms with Crippen molar-refractivity contribution in [3.63, 3.8) is 0 Å². The van der Waals surface area contributed by atoms with E-state index in [4.69, 9.17) is 0 Å². The number of aliphatic hydroxyl groups excluding tert-OH is 1. The molecule has 0 aliphatic heterocycles. The summed E-state index contributed by atoms with van der Waals surface area (Å²) in [7, 11) is 0. The van der Waals surface area contributed by atoms with E-state index in [2.05, 4.69) is 6.58 Å².